The largest absolute Gasteiger partial charge is 0.497 e. The van der Waals surface area contributed by atoms with Crippen molar-refractivity contribution in [1.82, 2.24) is 4.90 Å². The molecule has 6 nitrogen and oxygen atoms in total. The average molecular weight is 332 g/mol. The summed E-state index contributed by atoms with van der Waals surface area (Å²) in [6, 6.07) is 5.56. The number of methoxy groups -OCH3 is 2. The highest BCUT2D eigenvalue weighted by Crippen LogP contribution is 2.31. The monoisotopic (exact) mass is 332 g/mol. The molecular weight excluding hydrogens is 308 g/mol. The molecule has 0 spiro atoms. The molecule has 130 valence electrons. The standard InChI is InChI=1S/C18H24N2O4/c1-23-15-8-13(9-16(10-15)24-2)19-18(22)12-7-17(21)20(11-12)14-5-3-4-6-14/h8-10,12,14H,3-7,11H2,1-2H3,(H,19,22). The SMILES string of the molecule is COc1cc(NC(=O)C2CC(=O)N(C3CCCC3)C2)cc(OC)c1. The molecule has 1 atom stereocenters. The predicted molar refractivity (Wildman–Crippen MR) is 90.3 cm³/mol. The lowest BCUT2D eigenvalue weighted by Crippen LogP contribution is -2.35. The molecule has 0 aromatic heterocycles. The van der Waals surface area contributed by atoms with E-state index in [0.717, 1.165) is 12.8 Å². The summed E-state index contributed by atoms with van der Waals surface area (Å²) in [5, 5.41) is 2.89. The van der Waals surface area contributed by atoms with Gasteiger partial charge in [0.05, 0.1) is 20.1 Å². The Balaban J connectivity index is 1.66. The van der Waals surface area contributed by atoms with Crippen molar-refractivity contribution < 1.29 is 19.1 Å². The van der Waals surface area contributed by atoms with Crippen LogP contribution in [-0.4, -0.2) is 43.5 Å². The maximum absolute atomic E-state index is 12.5. The molecule has 1 heterocycles. The van der Waals surface area contributed by atoms with E-state index in [-0.39, 0.29) is 17.7 Å². The minimum Gasteiger partial charge on any atom is -0.497 e. The molecule has 2 fully saturated rings. The number of hydrogen-bond donors (Lipinski definition) is 1. The van der Waals surface area contributed by atoms with E-state index in [1.54, 1.807) is 32.4 Å². The highest BCUT2D eigenvalue weighted by molar-refractivity contribution is 5.97. The molecule has 6 heteroatoms. The summed E-state index contributed by atoms with van der Waals surface area (Å²) in [5.41, 5.74) is 0.614. The molecule has 3 rings (SSSR count). The van der Waals surface area contributed by atoms with Crippen LogP contribution in [0.1, 0.15) is 32.1 Å². The normalized spacial score (nSPS) is 21.2. The fourth-order valence-corrected chi connectivity index (χ4v) is 3.60. The van der Waals surface area contributed by atoms with Gasteiger partial charge in [-0.3, -0.25) is 9.59 Å². The molecule has 24 heavy (non-hydrogen) atoms. The highest BCUT2D eigenvalue weighted by Gasteiger charge is 2.38. The van der Waals surface area contributed by atoms with Crippen molar-refractivity contribution in [2.75, 3.05) is 26.1 Å². The van der Waals surface area contributed by atoms with Crippen molar-refractivity contribution in [3.63, 3.8) is 0 Å². The molecule has 0 radical (unpaired) electrons. The van der Waals surface area contributed by atoms with Crippen LogP contribution in [-0.2, 0) is 9.59 Å². The number of nitrogens with zero attached hydrogens (tertiary/aromatic N) is 1. The van der Waals surface area contributed by atoms with Crippen molar-refractivity contribution in [3.05, 3.63) is 18.2 Å². The number of likely N-dealkylation sites (tertiary alicyclic amines) is 1. The van der Waals surface area contributed by atoms with Crippen LogP contribution in [0.25, 0.3) is 0 Å². The molecule has 1 aliphatic carbocycles. The number of amides is 2. The van der Waals surface area contributed by atoms with E-state index in [0.29, 0.717) is 36.2 Å². The van der Waals surface area contributed by atoms with Crippen LogP contribution in [0.2, 0.25) is 0 Å². The maximum Gasteiger partial charge on any atom is 0.229 e. The van der Waals surface area contributed by atoms with Crippen molar-refractivity contribution in [3.8, 4) is 11.5 Å². The number of benzene rings is 1. The van der Waals surface area contributed by atoms with E-state index in [9.17, 15) is 9.59 Å². The Morgan fingerprint density at radius 2 is 1.75 bits per heavy atom. The second-order valence-electron chi connectivity index (χ2n) is 6.48. The maximum atomic E-state index is 12.5. The van der Waals surface area contributed by atoms with Gasteiger partial charge in [0.25, 0.3) is 0 Å². The molecular formula is C18H24N2O4. The van der Waals surface area contributed by atoms with E-state index < -0.39 is 0 Å². The molecule has 2 amide bonds. The third-order valence-corrected chi connectivity index (χ3v) is 4.91. The Morgan fingerprint density at radius 3 is 2.33 bits per heavy atom. The molecule has 1 unspecified atom stereocenters. The topological polar surface area (TPSA) is 67.9 Å². The molecule has 0 bridgehead atoms. The van der Waals surface area contributed by atoms with Gasteiger partial charge in [-0.15, -0.1) is 0 Å². The first-order valence-electron chi connectivity index (χ1n) is 8.44. The number of nitrogens with one attached hydrogen (secondary N) is 1. The van der Waals surface area contributed by atoms with Gasteiger partial charge >= 0.3 is 0 Å². The van der Waals surface area contributed by atoms with E-state index in [4.69, 9.17) is 9.47 Å². The number of carbonyl (C=O) groups excluding carboxylic acids is 2. The molecule has 1 N–H and O–H groups in total. The zero-order valence-corrected chi connectivity index (χ0v) is 14.2. The summed E-state index contributed by atoms with van der Waals surface area (Å²) in [6.45, 7) is 0.524. The minimum atomic E-state index is -0.296. The first kappa shape index (κ1) is 16.6. The van der Waals surface area contributed by atoms with Crippen LogP contribution in [0.15, 0.2) is 18.2 Å². The summed E-state index contributed by atoms with van der Waals surface area (Å²) in [5.74, 6) is 0.902. The molecule has 1 aromatic rings. The van der Waals surface area contributed by atoms with Crippen LogP contribution >= 0.6 is 0 Å². The van der Waals surface area contributed by atoms with Crippen molar-refractivity contribution in [2.45, 2.75) is 38.1 Å². The fraction of sp³-hybridized carbons (Fsp3) is 0.556. The molecule has 1 aliphatic heterocycles. The first-order valence-corrected chi connectivity index (χ1v) is 8.44. The molecule has 1 saturated heterocycles. The van der Waals surface area contributed by atoms with E-state index in [1.165, 1.54) is 12.8 Å². The van der Waals surface area contributed by atoms with Gasteiger partial charge in [-0.05, 0) is 12.8 Å². The van der Waals surface area contributed by atoms with Crippen molar-refractivity contribution >= 4 is 17.5 Å². The number of anilines is 1. The second-order valence-corrected chi connectivity index (χ2v) is 6.48. The Labute approximate surface area is 142 Å². The Bertz CT molecular complexity index is 603. The Kier molecular flexibility index (Phi) is 4.92. The summed E-state index contributed by atoms with van der Waals surface area (Å²) in [7, 11) is 3.13. The Hall–Kier alpha value is -2.24. The van der Waals surface area contributed by atoms with Crippen LogP contribution in [0.5, 0.6) is 11.5 Å². The lowest BCUT2D eigenvalue weighted by atomic mass is 10.1. The summed E-state index contributed by atoms with van der Waals surface area (Å²) in [4.78, 5) is 26.7. The molecule has 1 saturated carbocycles. The number of hydrogen-bond acceptors (Lipinski definition) is 4. The molecule has 2 aliphatic rings. The highest BCUT2D eigenvalue weighted by atomic mass is 16.5. The van der Waals surface area contributed by atoms with Gasteiger partial charge in [0, 0.05) is 42.9 Å². The van der Waals surface area contributed by atoms with Gasteiger partial charge in [0.15, 0.2) is 0 Å². The zero-order valence-electron chi connectivity index (χ0n) is 14.2. The third kappa shape index (κ3) is 3.47. The summed E-state index contributed by atoms with van der Waals surface area (Å²) >= 11 is 0. The lowest BCUT2D eigenvalue weighted by molar-refractivity contribution is -0.129. The smallest absolute Gasteiger partial charge is 0.229 e. The van der Waals surface area contributed by atoms with Gasteiger partial charge in [0.2, 0.25) is 11.8 Å². The van der Waals surface area contributed by atoms with E-state index in [2.05, 4.69) is 5.32 Å². The number of carbonyl (C=O) groups is 2. The van der Waals surface area contributed by atoms with Crippen LogP contribution in [0.3, 0.4) is 0 Å². The quantitative estimate of drug-likeness (QED) is 0.899. The summed E-state index contributed by atoms with van der Waals surface area (Å²) < 4.78 is 10.4. The van der Waals surface area contributed by atoms with Crippen LogP contribution < -0.4 is 14.8 Å². The average Bonchev–Trinajstić information content (AvgIpc) is 3.23. The predicted octanol–water partition coefficient (Wildman–Crippen LogP) is 2.43. The fourth-order valence-electron chi connectivity index (χ4n) is 3.60. The van der Waals surface area contributed by atoms with Crippen molar-refractivity contribution in [2.24, 2.45) is 5.92 Å². The van der Waals surface area contributed by atoms with Gasteiger partial charge in [0.1, 0.15) is 11.5 Å². The van der Waals surface area contributed by atoms with Gasteiger partial charge < -0.3 is 19.7 Å². The zero-order chi connectivity index (χ0) is 17.1. The van der Waals surface area contributed by atoms with Gasteiger partial charge in [-0.1, -0.05) is 12.8 Å². The molecule has 1 aromatic carbocycles. The minimum absolute atomic E-state index is 0.102. The van der Waals surface area contributed by atoms with Gasteiger partial charge in [-0.2, -0.15) is 0 Å². The second kappa shape index (κ2) is 7.11. The van der Waals surface area contributed by atoms with Crippen LogP contribution in [0, 0.1) is 5.92 Å². The summed E-state index contributed by atoms with van der Waals surface area (Å²) in [6.07, 6.45) is 4.77. The van der Waals surface area contributed by atoms with E-state index in [1.807, 2.05) is 4.90 Å². The van der Waals surface area contributed by atoms with Gasteiger partial charge in [-0.25, -0.2) is 0 Å². The number of ether oxygens (including phenoxy) is 2. The van der Waals surface area contributed by atoms with E-state index >= 15 is 0 Å². The first-order chi connectivity index (χ1) is 11.6. The number of rotatable bonds is 5. The van der Waals surface area contributed by atoms with Crippen molar-refractivity contribution in [1.29, 1.82) is 0 Å². The lowest BCUT2D eigenvalue weighted by Gasteiger charge is -2.23. The van der Waals surface area contributed by atoms with Crippen LogP contribution in [0.4, 0.5) is 5.69 Å². The third-order valence-electron chi connectivity index (χ3n) is 4.91. The Morgan fingerprint density at radius 1 is 1.12 bits per heavy atom.